The first-order valence-electron chi connectivity index (χ1n) is 32.8. The molecule has 0 saturated carbocycles. The number of thiazole rings is 1. The Kier molecular flexibility index (Phi) is 27.5. The Morgan fingerprint density at radius 3 is 1.95 bits per heavy atom. The van der Waals surface area contributed by atoms with Crippen molar-refractivity contribution in [2.24, 2.45) is 5.41 Å². The summed E-state index contributed by atoms with van der Waals surface area (Å²) in [5.74, 6) is -1.37. The summed E-state index contributed by atoms with van der Waals surface area (Å²) >= 11 is 1.57. The zero-order chi connectivity index (χ0) is 66.4. The van der Waals surface area contributed by atoms with Gasteiger partial charge < -0.3 is 69.2 Å². The number of hydrogen-bond acceptors (Lipinski definition) is 17. The fraction of sp³-hybridized carbons (Fsp3) is 0.557. The van der Waals surface area contributed by atoms with Gasteiger partial charge in [-0.05, 0) is 110 Å². The van der Waals surface area contributed by atoms with E-state index in [4.69, 9.17) is 28.4 Å². The van der Waals surface area contributed by atoms with Crippen molar-refractivity contribution in [2.75, 3.05) is 123 Å². The number of pyridine rings is 1. The number of H-pyrrole nitrogens is 1. The first-order chi connectivity index (χ1) is 44.8. The molecular formula is C70H97N9O13S. The maximum atomic E-state index is 14.2. The molecule has 8 rings (SSSR count). The Morgan fingerprint density at radius 1 is 0.753 bits per heavy atom. The number of β-amino-alcohol motifs (C(OH)–C–C–N with tert-alkyl or cyclic N) is 1. The minimum absolute atomic E-state index is 0.0137. The number of likely N-dealkylation sites (tertiary alicyclic amines) is 2. The lowest BCUT2D eigenvalue weighted by Gasteiger charge is -2.40. The number of aromatic amines is 1. The molecule has 3 aromatic carbocycles. The Labute approximate surface area is 551 Å². The largest absolute Gasteiger partial charge is 0.391 e. The van der Waals surface area contributed by atoms with Crippen LogP contribution < -0.4 is 26.4 Å². The summed E-state index contributed by atoms with van der Waals surface area (Å²) in [4.78, 5) is 97.4. The molecule has 3 fully saturated rings. The summed E-state index contributed by atoms with van der Waals surface area (Å²) in [6.07, 6.45) is 1.05. The second kappa shape index (κ2) is 35.5. The number of carbonyl (C=O) groups excluding carboxylic acids is 5. The Balaban J connectivity index is 0.671. The van der Waals surface area contributed by atoms with Crippen LogP contribution in [0.25, 0.3) is 21.6 Å². The third kappa shape index (κ3) is 21.0. The normalized spacial score (nSPS) is 16.7. The van der Waals surface area contributed by atoms with Crippen LogP contribution in [0.5, 0.6) is 0 Å². The fourth-order valence-corrected chi connectivity index (χ4v) is 12.9. The van der Waals surface area contributed by atoms with Crippen LogP contribution in [0.3, 0.4) is 0 Å². The topological polar surface area (TPSA) is 256 Å². The molecule has 3 atom stereocenters. The van der Waals surface area contributed by atoms with Crippen molar-refractivity contribution in [3.63, 3.8) is 0 Å². The van der Waals surface area contributed by atoms with Gasteiger partial charge in [0.1, 0.15) is 12.1 Å². The number of aromatic nitrogens is 2. The van der Waals surface area contributed by atoms with E-state index in [0.717, 1.165) is 101 Å². The monoisotopic (exact) mass is 1300 g/mol. The summed E-state index contributed by atoms with van der Waals surface area (Å²) in [5, 5.41) is 19.4. The molecule has 0 unspecified atom stereocenters. The Morgan fingerprint density at radius 2 is 1.35 bits per heavy atom. The van der Waals surface area contributed by atoms with Crippen molar-refractivity contribution in [1.29, 1.82) is 0 Å². The molecule has 22 nitrogen and oxygen atoms in total. The van der Waals surface area contributed by atoms with E-state index in [1.54, 1.807) is 11.3 Å². The maximum absolute atomic E-state index is 14.2. The SMILES string of the molecule is CCN(c1cc(-c2ccc(CN3CCOCC3)cc2)cc(C(=O)NCc2c(C)cc(C)[nH]c2=O)c1C)C1CCN(C(=O)CCOCCOCCOCCOCCOCCC(=O)N[C@@H](C(=O)N2C[C@H](O)C[C@H]2C(=O)NCc2ccc(-c3scnc3C)cc2)C(C)(C)C)CC1. The number of aliphatic hydroxyl groups is 1. The van der Waals surface area contributed by atoms with Gasteiger partial charge in [-0.25, -0.2) is 4.98 Å². The molecule has 5 N–H and O–H groups in total. The average Bonchev–Trinajstić information content (AvgIpc) is 1.16. The van der Waals surface area contributed by atoms with Gasteiger partial charge in [-0.2, -0.15) is 0 Å². The van der Waals surface area contributed by atoms with Crippen LogP contribution in [0.2, 0.25) is 0 Å². The quantitative estimate of drug-likeness (QED) is 0.0276. The first kappa shape index (κ1) is 71.9. The van der Waals surface area contributed by atoms with Crippen molar-refractivity contribution in [1.82, 2.24) is 40.6 Å². The molecule has 3 saturated heterocycles. The fourth-order valence-electron chi connectivity index (χ4n) is 12.1. The highest BCUT2D eigenvalue weighted by Crippen LogP contribution is 2.35. The van der Waals surface area contributed by atoms with E-state index in [2.05, 4.69) is 73.0 Å². The molecule has 0 bridgehead atoms. The number of carbonyl (C=O) groups is 5. The molecule has 0 aliphatic carbocycles. The van der Waals surface area contributed by atoms with Crippen LogP contribution in [0.1, 0.15) is 109 Å². The predicted molar refractivity (Wildman–Crippen MR) is 358 cm³/mol. The molecular weight excluding hydrogens is 1210 g/mol. The molecule has 5 heterocycles. The number of aliphatic hydroxyl groups excluding tert-OH is 1. The lowest BCUT2D eigenvalue weighted by Crippen LogP contribution is -2.57. The van der Waals surface area contributed by atoms with Crippen molar-refractivity contribution in [3.05, 3.63) is 127 Å². The molecule has 5 aromatic rings. The van der Waals surface area contributed by atoms with E-state index < -0.39 is 29.5 Å². The second-order valence-electron chi connectivity index (χ2n) is 25.3. The Hall–Kier alpha value is -6.93. The predicted octanol–water partition coefficient (Wildman–Crippen LogP) is 6.65. The molecule has 3 aliphatic rings. The third-order valence-corrected chi connectivity index (χ3v) is 18.4. The van der Waals surface area contributed by atoms with E-state index in [0.29, 0.717) is 77.0 Å². The van der Waals surface area contributed by atoms with Gasteiger partial charge in [-0.3, -0.25) is 33.7 Å². The van der Waals surface area contributed by atoms with Crippen molar-refractivity contribution < 1.29 is 57.5 Å². The van der Waals surface area contributed by atoms with Crippen LogP contribution in [-0.4, -0.2) is 202 Å². The summed E-state index contributed by atoms with van der Waals surface area (Å²) in [5.41, 5.74) is 11.5. The van der Waals surface area contributed by atoms with Gasteiger partial charge in [0.25, 0.3) is 11.5 Å². The number of hydrogen-bond donors (Lipinski definition) is 5. The molecule has 0 spiro atoms. The Bertz CT molecular complexity index is 3300. The van der Waals surface area contributed by atoms with Gasteiger partial charge in [-0.15, -0.1) is 11.3 Å². The number of anilines is 1. The number of nitrogens with one attached hydrogen (secondary N) is 4. The van der Waals surface area contributed by atoms with Crippen molar-refractivity contribution in [3.8, 4) is 21.6 Å². The number of amides is 5. The molecule has 5 amide bonds. The highest BCUT2D eigenvalue weighted by molar-refractivity contribution is 7.13. The summed E-state index contributed by atoms with van der Waals surface area (Å²) in [6, 6.07) is 20.8. The van der Waals surface area contributed by atoms with Crippen molar-refractivity contribution >= 4 is 46.6 Å². The smallest absolute Gasteiger partial charge is 0.253 e. The van der Waals surface area contributed by atoms with E-state index >= 15 is 0 Å². The lowest BCUT2D eigenvalue weighted by atomic mass is 9.85. The van der Waals surface area contributed by atoms with E-state index in [-0.39, 0.29) is 93.9 Å². The number of piperidine rings is 1. The molecule has 0 radical (unpaired) electrons. The van der Waals surface area contributed by atoms with Gasteiger partial charge in [0.2, 0.25) is 23.6 Å². The zero-order valence-corrected chi connectivity index (χ0v) is 56.4. The number of morpholine rings is 1. The highest BCUT2D eigenvalue weighted by atomic mass is 32.1. The second-order valence-corrected chi connectivity index (χ2v) is 26.1. The molecule has 23 heteroatoms. The van der Waals surface area contributed by atoms with Crippen LogP contribution >= 0.6 is 11.3 Å². The van der Waals surface area contributed by atoms with Gasteiger partial charge in [0.05, 0.1) is 108 Å². The minimum Gasteiger partial charge on any atom is -0.391 e. The van der Waals surface area contributed by atoms with Crippen molar-refractivity contribution in [2.45, 2.75) is 131 Å². The minimum atomic E-state index is -0.943. The number of aryl methyl sites for hydroxylation is 3. The summed E-state index contributed by atoms with van der Waals surface area (Å²) in [6.45, 7) is 24.9. The van der Waals surface area contributed by atoms with E-state index in [1.165, 1.54) is 10.5 Å². The van der Waals surface area contributed by atoms with Crippen LogP contribution in [0.15, 0.2) is 77.0 Å². The van der Waals surface area contributed by atoms with Gasteiger partial charge in [-0.1, -0.05) is 69.3 Å². The van der Waals surface area contributed by atoms with Gasteiger partial charge >= 0.3 is 0 Å². The third-order valence-electron chi connectivity index (χ3n) is 17.4. The number of rotatable bonds is 33. The molecule has 3 aliphatic heterocycles. The number of ether oxygens (including phenoxy) is 6. The highest BCUT2D eigenvalue weighted by Gasteiger charge is 2.44. The van der Waals surface area contributed by atoms with Gasteiger partial charge in [0.15, 0.2) is 0 Å². The van der Waals surface area contributed by atoms with E-state index in [9.17, 15) is 33.9 Å². The van der Waals surface area contributed by atoms with E-state index in [1.807, 2.05) is 95.3 Å². The zero-order valence-electron chi connectivity index (χ0n) is 55.6. The van der Waals surface area contributed by atoms with Gasteiger partial charge in [0, 0.05) is 100 Å². The summed E-state index contributed by atoms with van der Waals surface area (Å²) < 4.78 is 33.9. The standard InChI is InChI=1S/C70H97N9O13S/c1-9-78(60-40-55(53-14-12-52(13-15-53)44-76-24-28-89-29-25-76)39-58(49(60)4)66(83)72-43-59-47(2)38-48(3)74-67(59)84)56-18-22-77(23-19-56)63(82)21-27-88-31-33-91-35-37-92-36-34-90-32-30-87-26-20-62(81)75-65(70(6,7)8)69(86)79-45-57(80)41-61(79)68(85)71-42-51-10-16-54(17-11-51)64-50(5)73-46-93-64/h10-17,38-40,46,56-57,61,65,80H,9,18-37,41-45H2,1-8H3,(H,71,85)(H,72,83)(H,74,84)(H,75,81)/t57-,61+,65+/m1/s1. The molecule has 2 aromatic heterocycles. The number of nitrogens with zero attached hydrogens (tertiary/aromatic N) is 5. The summed E-state index contributed by atoms with van der Waals surface area (Å²) in [7, 11) is 0. The average molecular weight is 1300 g/mol. The lowest BCUT2D eigenvalue weighted by molar-refractivity contribution is -0.144. The molecule has 506 valence electrons. The maximum Gasteiger partial charge on any atom is 0.253 e. The number of benzene rings is 3. The molecule has 93 heavy (non-hydrogen) atoms. The first-order valence-corrected chi connectivity index (χ1v) is 33.7. The van der Waals surface area contributed by atoms with Crippen LogP contribution in [0.4, 0.5) is 5.69 Å². The van der Waals surface area contributed by atoms with Crippen LogP contribution in [0, 0.1) is 33.1 Å². The van der Waals surface area contributed by atoms with Crippen LogP contribution in [-0.2, 0) is 67.2 Å².